The number of nitrogens with one attached hydrogen (secondary N) is 1. The summed E-state index contributed by atoms with van der Waals surface area (Å²) in [6.45, 7) is 5.65. The third-order valence-corrected chi connectivity index (χ3v) is 5.27. The summed E-state index contributed by atoms with van der Waals surface area (Å²) in [6, 6.07) is 13.9. The summed E-state index contributed by atoms with van der Waals surface area (Å²) in [6.07, 6.45) is 1.22. The van der Waals surface area contributed by atoms with Crippen molar-refractivity contribution in [3.05, 3.63) is 59.7 Å². The molecule has 2 atom stereocenters. The lowest BCUT2D eigenvalue weighted by atomic mass is 10.0. The van der Waals surface area contributed by atoms with E-state index in [1.807, 2.05) is 38.1 Å². The second-order valence-corrected chi connectivity index (χ2v) is 8.40. The summed E-state index contributed by atoms with van der Waals surface area (Å²) in [5.41, 5.74) is 1.98. The second-order valence-electron chi connectivity index (χ2n) is 6.38. The SMILES string of the molecule is CC[C@H](NC(=O)[C@@H](C)Oc1ccc(C)cc1)c1ccc(S(C)(=O)=O)cc1. The highest BCUT2D eigenvalue weighted by Crippen LogP contribution is 2.20. The Bertz CT molecular complexity index is 842. The van der Waals surface area contributed by atoms with E-state index in [4.69, 9.17) is 4.74 Å². The molecule has 2 aromatic carbocycles. The minimum absolute atomic E-state index is 0.208. The number of rotatable bonds is 7. The van der Waals surface area contributed by atoms with E-state index < -0.39 is 15.9 Å². The Hall–Kier alpha value is -2.34. The number of hydrogen-bond acceptors (Lipinski definition) is 4. The van der Waals surface area contributed by atoms with Gasteiger partial charge in [0.05, 0.1) is 10.9 Å². The van der Waals surface area contributed by atoms with Crippen LogP contribution in [0, 0.1) is 6.92 Å². The van der Waals surface area contributed by atoms with Crippen molar-refractivity contribution in [2.75, 3.05) is 6.26 Å². The molecule has 0 saturated carbocycles. The third-order valence-electron chi connectivity index (χ3n) is 4.14. The van der Waals surface area contributed by atoms with E-state index >= 15 is 0 Å². The first-order valence-corrected chi connectivity index (χ1v) is 10.4. The van der Waals surface area contributed by atoms with Crippen molar-refractivity contribution >= 4 is 15.7 Å². The van der Waals surface area contributed by atoms with Gasteiger partial charge in [-0.3, -0.25) is 4.79 Å². The molecule has 0 aliphatic carbocycles. The quantitative estimate of drug-likeness (QED) is 0.805. The zero-order valence-corrected chi connectivity index (χ0v) is 16.3. The molecule has 6 heteroatoms. The van der Waals surface area contributed by atoms with Gasteiger partial charge in [0.1, 0.15) is 5.75 Å². The molecule has 0 saturated heterocycles. The van der Waals surface area contributed by atoms with Crippen LogP contribution < -0.4 is 10.1 Å². The summed E-state index contributed by atoms with van der Waals surface area (Å²) in [4.78, 5) is 12.7. The molecule has 0 bridgehead atoms. The standard InChI is InChI=1S/C20H25NO4S/c1-5-19(16-8-12-18(13-9-16)26(4,23)24)21-20(22)15(3)25-17-10-6-14(2)7-11-17/h6-13,15,19H,5H2,1-4H3,(H,21,22)/t15-,19+/m1/s1. The number of hydrogen-bond donors (Lipinski definition) is 1. The van der Waals surface area contributed by atoms with E-state index in [1.54, 1.807) is 31.2 Å². The van der Waals surface area contributed by atoms with E-state index in [0.29, 0.717) is 12.2 Å². The van der Waals surface area contributed by atoms with Crippen molar-refractivity contribution < 1.29 is 17.9 Å². The zero-order chi connectivity index (χ0) is 19.3. The number of ether oxygens (including phenoxy) is 1. The first-order valence-electron chi connectivity index (χ1n) is 8.54. The van der Waals surface area contributed by atoms with Gasteiger partial charge in [-0.2, -0.15) is 0 Å². The summed E-state index contributed by atoms with van der Waals surface area (Å²) in [5, 5.41) is 2.96. The predicted octanol–water partition coefficient (Wildman–Crippen LogP) is 3.43. The highest BCUT2D eigenvalue weighted by atomic mass is 32.2. The third kappa shape index (κ3) is 5.33. The fourth-order valence-electron chi connectivity index (χ4n) is 2.53. The Morgan fingerprint density at radius 2 is 1.65 bits per heavy atom. The van der Waals surface area contributed by atoms with Crippen LogP contribution in [-0.4, -0.2) is 26.7 Å². The van der Waals surface area contributed by atoms with Crippen molar-refractivity contribution in [1.29, 1.82) is 0 Å². The van der Waals surface area contributed by atoms with E-state index in [0.717, 1.165) is 11.1 Å². The van der Waals surface area contributed by atoms with Gasteiger partial charge in [0.15, 0.2) is 15.9 Å². The molecular weight excluding hydrogens is 350 g/mol. The van der Waals surface area contributed by atoms with Gasteiger partial charge in [-0.25, -0.2) is 8.42 Å². The first kappa shape index (κ1) is 20.0. The highest BCUT2D eigenvalue weighted by molar-refractivity contribution is 7.90. The number of carbonyl (C=O) groups is 1. The molecule has 1 N–H and O–H groups in total. The zero-order valence-electron chi connectivity index (χ0n) is 15.5. The van der Waals surface area contributed by atoms with Gasteiger partial charge in [0.2, 0.25) is 0 Å². The Kier molecular flexibility index (Phi) is 6.42. The summed E-state index contributed by atoms with van der Waals surface area (Å²) in [7, 11) is -3.23. The molecule has 0 aliphatic heterocycles. The smallest absolute Gasteiger partial charge is 0.261 e. The predicted molar refractivity (Wildman–Crippen MR) is 102 cm³/mol. The number of aryl methyl sites for hydroxylation is 1. The lowest BCUT2D eigenvalue weighted by Crippen LogP contribution is -2.38. The van der Waals surface area contributed by atoms with Crippen LogP contribution in [0.3, 0.4) is 0 Å². The summed E-state index contributed by atoms with van der Waals surface area (Å²) in [5.74, 6) is 0.424. The van der Waals surface area contributed by atoms with Crippen LogP contribution in [0.1, 0.15) is 37.4 Å². The normalized spacial score (nSPS) is 13.7. The molecule has 0 aliphatic rings. The van der Waals surface area contributed by atoms with Crippen LogP contribution >= 0.6 is 0 Å². The number of carbonyl (C=O) groups excluding carboxylic acids is 1. The van der Waals surface area contributed by atoms with Gasteiger partial charge in [0, 0.05) is 6.26 Å². The van der Waals surface area contributed by atoms with Crippen LogP contribution in [0.5, 0.6) is 5.75 Å². The Morgan fingerprint density at radius 3 is 2.15 bits per heavy atom. The Labute approximate surface area is 155 Å². The average Bonchev–Trinajstić information content (AvgIpc) is 2.60. The van der Waals surface area contributed by atoms with Gasteiger partial charge in [-0.05, 0) is 50.1 Å². The molecule has 0 unspecified atom stereocenters. The van der Waals surface area contributed by atoms with Crippen LogP contribution in [0.25, 0.3) is 0 Å². The second kappa shape index (κ2) is 8.36. The fourth-order valence-corrected chi connectivity index (χ4v) is 3.16. The van der Waals surface area contributed by atoms with Crippen molar-refractivity contribution in [3.63, 3.8) is 0 Å². The molecule has 26 heavy (non-hydrogen) atoms. The first-order chi connectivity index (χ1) is 12.2. The molecule has 140 valence electrons. The summed E-state index contributed by atoms with van der Waals surface area (Å²) < 4.78 is 28.8. The van der Waals surface area contributed by atoms with Crippen molar-refractivity contribution in [1.82, 2.24) is 5.32 Å². The number of amides is 1. The van der Waals surface area contributed by atoms with Crippen LogP contribution in [0.4, 0.5) is 0 Å². The van der Waals surface area contributed by atoms with Crippen LogP contribution in [0.15, 0.2) is 53.4 Å². The number of sulfone groups is 1. The maximum atomic E-state index is 12.5. The van der Waals surface area contributed by atoms with Crippen LogP contribution in [-0.2, 0) is 14.6 Å². The van der Waals surface area contributed by atoms with Gasteiger partial charge in [-0.15, -0.1) is 0 Å². The summed E-state index contributed by atoms with van der Waals surface area (Å²) >= 11 is 0. The van der Waals surface area contributed by atoms with Gasteiger partial charge < -0.3 is 10.1 Å². The van der Waals surface area contributed by atoms with E-state index in [9.17, 15) is 13.2 Å². The molecule has 0 spiro atoms. The molecule has 0 fully saturated rings. The van der Waals surface area contributed by atoms with E-state index in [2.05, 4.69) is 5.32 Å². The van der Waals surface area contributed by atoms with Gasteiger partial charge in [0.25, 0.3) is 5.91 Å². The minimum Gasteiger partial charge on any atom is -0.481 e. The highest BCUT2D eigenvalue weighted by Gasteiger charge is 2.19. The maximum Gasteiger partial charge on any atom is 0.261 e. The molecule has 5 nitrogen and oxygen atoms in total. The monoisotopic (exact) mass is 375 g/mol. The molecule has 2 aromatic rings. The molecule has 2 rings (SSSR count). The van der Waals surface area contributed by atoms with Gasteiger partial charge >= 0.3 is 0 Å². The van der Waals surface area contributed by atoms with Crippen molar-refractivity contribution in [3.8, 4) is 5.75 Å². The van der Waals surface area contributed by atoms with E-state index in [1.165, 1.54) is 6.26 Å². The molecular formula is C20H25NO4S. The average molecular weight is 375 g/mol. The Morgan fingerprint density at radius 1 is 1.08 bits per heavy atom. The molecule has 1 amide bonds. The fraction of sp³-hybridized carbons (Fsp3) is 0.350. The lowest BCUT2D eigenvalue weighted by molar-refractivity contribution is -0.128. The van der Waals surface area contributed by atoms with Crippen molar-refractivity contribution in [2.45, 2.75) is 44.2 Å². The van der Waals surface area contributed by atoms with Crippen molar-refractivity contribution in [2.24, 2.45) is 0 Å². The topological polar surface area (TPSA) is 72.5 Å². The van der Waals surface area contributed by atoms with Gasteiger partial charge in [-0.1, -0.05) is 36.8 Å². The molecule has 0 radical (unpaired) electrons. The maximum absolute atomic E-state index is 12.5. The Balaban J connectivity index is 2.04. The molecule has 0 aromatic heterocycles. The lowest BCUT2D eigenvalue weighted by Gasteiger charge is -2.21. The number of benzene rings is 2. The largest absolute Gasteiger partial charge is 0.481 e. The molecule has 0 heterocycles. The van der Waals surface area contributed by atoms with Crippen LogP contribution in [0.2, 0.25) is 0 Å². The van der Waals surface area contributed by atoms with E-state index in [-0.39, 0.29) is 16.8 Å². The minimum atomic E-state index is -3.23.